The van der Waals surface area contributed by atoms with Crippen LogP contribution in [0.25, 0.3) is 0 Å². The van der Waals surface area contributed by atoms with Crippen molar-refractivity contribution >= 4 is 5.97 Å². The molecular formula is C23H36O2. The smallest absolute Gasteiger partial charge is 0.303 e. The molecule has 2 heteroatoms. The maximum atomic E-state index is 11.1. The fraction of sp³-hybridized carbons (Fsp3) is 0.870. The minimum Gasteiger partial charge on any atom is -0.481 e. The predicted molar refractivity (Wildman–Crippen MR) is 101 cm³/mol. The van der Waals surface area contributed by atoms with E-state index in [0.717, 1.165) is 36.0 Å². The third-order valence-corrected chi connectivity index (χ3v) is 9.60. The maximum Gasteiger partial charge on any atom is 0.303 e. The van der Waals surface area contributed by atoms with Crippen LogP contribution in [-0.2, 0) is 4.79 Å². The highest BCUT2D eigenvalue weighted by molar-refractivity contribution is 5.67. The van der Waals surface area contributed by atoms with E-state index in [0.29, 0.717) is 23.2 Å². The summed E-state index contributed by atoms with van der Waals surface area (Å²) in [6.07, 6.45) is 14.5. The number of aliphatic carboxylic acids is 1. The number of carboxylic acid groups (broad SMARTS) is 1. The summed E-state index contributed by atoms with van der Waals surface area (Å²) in [6, 6.07) is 0. The van der Waals surface area contributed by atoms with E-state index in [9.17, 15) is 9.90 Å². The van der Waals surface area contributed by atoms with E-state index >= 15 is 0 Å². The summed E-state index contributed by atoms with van der Waals surface area (Å²) in [6.45, 7) is 9.28. The Balaban J connectivity index is 1.53. The van der Waals surface area contributed by atoms with Crippen LogP contribution in [0.2, 0.25) is 0 Å². The molecule has 0 bridgehead atoms. The summed E-state index contributed by atoms with van der Waals surface area (Å²) >= 11 is 0. The van der Waals surface area contributed by atoms with Gasteiger partial charge >= 0.3 is 5.97 Å². The Morgan fingerprint density at radius 1 is 1.04 bits per heavy atom. The molecule has 0 aromatic rings. The molecule has 0 heterocycles. The Bertz CT molecular complexity index is 554. The van der Waals surface area contributed by atoms with E-state index in [1.54, 1.807) is 0 Å². The lowest BCUT2D eigenvalue weighted by Gasteiger charge is -2.61. The maximum absolute atomic E-state index is 11.1. The third-order valence-electron chi connectivity index (χ3n) is 9.60. The second-order valence-electron chi connectivity index (χ2n) is 10.4. The van der Waals surface area contributed by atoms with Crippen molar-refractivity contribution in [2.24, 2.45) is 46.3 Å². The fourth-order valence-electron chi connectivity index (χ4n) is 8.21. The van der Waals surface area contributed by atoms with Crippen molar-refractivity contribution in [1.82, 2.24) is 0 Å². The van der Waals surface area contributed by atoms with Crippen molar-refractivity contribution in [3.05, 3.63) is 12.7 Å². The number of hydrogen-bond donors (Lipinski definition) is 1. The van der Waals surface area contributed by atoms with Crippen molar-refractivity contribution in [1.29, 1.82) is 0 Å². The molecule has 4 rings (SSSR count). The molecule has 1 N–H and O–H groups in total. The number of allylic oxidation sites excluding steroid dienone is 1. The Labute approximate surface area is 153 Å². The van der Waals surface area contributed by atoms with Crippen LogP contribution < -0.4 is 0 Å². The van der Waals surface area contributed by atoms with Gasteiger partial charge in [0, 0.05) is 6.42 Å². The predicted octanol–water partition coefficient (Wildman–Crippen LogP) is 5.92. The van der Waals surface area contributed by atoms with Crippen molar-refractivity contribution in [3.63, 3.8) is 0 Å². The summed E-state index contributed by atoms with van der Waals surface area (Å²) in [5.41, 5.74) is 0.984. The first-order valence-corrected chi connectivity index (χ1v) is 10.7. The molecule has 0 spiro atoms. The molecule has 4 aliphatic carbocycles. The standard InChI is InChI=1S/C23H36O2/c1-4-16-6-8-19-18-7-5-17-13-15(14-21(24)25)9-11-23(17,3)20(18)10-12-22(16,19)2/h4,15-20H,1,5-14H2,2-3H3,(H,24,25)/t15-,16-,17-,18-,19-,20-,22+,23-/m0/s1. The Morgan fingerprint density at radius 2 is 1.76 bits per heavy atom. The van der Waals surface area contributed by atoms with Crippen LogP contribution in [0.15, 0.2) is 12.7 Å². The summed E-state index contributed by atoms with van der Waals surface area (Å²) < 4.78 is 0. The molecule has 0 amide bonds. The van der Waals surface area contributed by atoms with Crippen LogP contribution in [0.5, 0.6) is 0 Å². The number of carbonyl (C=O) groups is 1. The van der Waals surface area contributed by atoms with Gasteiger partial charge in [-0.25, -0.2) is 0 Å². The average molecular weight is 345 g/mol. The average Bonchev–Trinajstić information content (AvgIpc) is 2.91. The molecule has 2 nitrogen and oxygen atoms in total. The van der Waals surface area contributed by atoms with Gasteiger partial charge in [0.2, 0.25) is 0 Å². The first kappa shape index (κ1) is 17.6. The van der Waals surface area contributed by atoms with Crippen LogP contribution in [0.3, 0.4) is 0 Å². The number of hydrogen-bond acceptors (Lipinski definition) is 1. The monoisotopic (exact) mass is 344 g/mol. The van der Waals surface area contributed by atoms with Gasteiger partial charge in [0.25, 0.3) is 0 Å². The Hall–Kier alpha value is -0.790. The van der Waals surface area contributed by atoms with E-state index in [2.05, 4.69) is 26.5 Å². The Morgan fingerprint density at radius 3 is 2.48 bits per heavy atom. The number of rotatable bonds is 3. The van der Waals surface area contributed by atoms with Gasteiger partial charge in [0.1, 0.15) is 0 Å². The molecular weight excluding hydrogens is 308 g/mol. The molecule has 4 saturated carbocycles. The molecule has 4 fully saturated rings. The van der Waals surface area contributed by atoms with Crippen LogP contribution in [-0.4, -0.2) is 11.1 Å². The van der Waals surface area contributed by atoms with Gasteiger partial charge in [-0.2, -0.15) is 0 Å². The SMILES string of the molecule is C=C[C@H]1CC[C@H]2[C@@H]3CC[C@H]4C[C@@H](CC(=O)O)CC[C@]4(C)[C@H]3CC[C@]12C. The van der Waals surface area contributed by atoms with E-state index in [1.807, 2.05) is 0 Å². The third kappa shape index (κ3) is 2.61. The van der Waals surface area contributed by atoms with Crippen LogP contribution in [0.4, 0.5) is 0 Å². The van der Waals surface area contributed by atoms with Crippen LogP contribution >= 0.6 is 0 Å². The molecule has 0 aromatic carbocycles. The van der Waals surface area contributed by atoms with Gasteiger partial charge < -0.3 is 5.11 Å². The van der Waals surface area contributed by atoms with Gasteiger partial charge in [0.05, 0.1) is 0 Å². The van der Waals surface area contributed by atoms with Crippen molar-refractivity contribution < 1.29 is 9.90 Å². The molecule has 140 valence electrons. The fourth-order valence-corrected chi connectivity index (χ4v) is 8.21. The quantitative estimate of drug-likeness (QED) is 0.645. The van der Waals surface area contributed by atoms with Gasteiger partial charge in [0.15, 0.2) is 0 Å². The lowest BCUT2D eigenvalue weighted by molar-refractivity contribution is -0.141. The van der Waals surface area contributed by atoms with Gasteiger partial charge in [-0.3, -0.25) is 4.79 Å². The molecule has 25 heavy (non-hydrogen) atoms. The van der Waals surface area contributed by atoms with E-state index < -0.39 is 5.97 Å². The second kappa shape index (κ2) is 6.13. The zero-order valence-corrected chi connectivity index (χ0v) is 16.2. The molecule has 0 saturated heterocycles. The molecule has 0 aromatic heterocycles. The summed E-state index contributed by atoms with van der Waals surface area (Å²) in [7, 11) is 0. The van der Waals surface area contributed by atoms with Gasteiger partial charge in [-0.05, 0) is 104 Å². The van der Waals surface area contributed by atoms with Crippen LogP contribution in [0, 0.1) is 46.3 Å². The van der Waals surface area contributed by atoms with Crippen molar-refractivity contribution in [3.8, 4) is 0 Å². The molecule has 8 atom stereocenters. The van der Waals surface area contributed by atoms with E-state index in [-0.39, 0.29) is 0 Å². The first-order valence-electron chi connectivity index (χ1n) is 10.7. The van der Waals surface area contributed by atoms with Crippen LogP contribution in [0.1, 0.15) is 78.1 Å². The molecule has 0 unspecified atom stereocenters. The molecule has 0 radical (unpaired) electrons. The highest BCUT2D eigenvalue weighted by atomic mass is 16.4. The highest BCUT2D eigenvalue weighted by Crippen LogP contribution is 2.67. The summed E-state index contributed by atoms with van der Waals surface area (Å²) in [5, 5.41) is 9.18. The van der Waals surface area contributed by atoms with Crippen molar-refractivity contribution in [2.45, 2.75) is 78.1 Å². The van der Waals surface area contributed by atoms with Gasteiger partial charge in [-0.15, -0.1) is 6.58 Å². The second-order valence-corrected chi connectivity index (χ2v) is 10.4. The lowest BCUT2D eigenvalue weighted by Crippen LogP contribution is -2.53. The summed E-state index contributed by atoms with van der Waals surface area (Å²) in [4.78, 5) is 11.1. The highest BCUT2D eigenvalue weighted by Gasteiger charge is 2.59. The topological polar surface area (TPSA) is 37.3 Å². The minimum atomic E-state index is -0.600. The zero-order valence-electron chi connectivity index (χ0n) is 16.2. The largest absolute Gasteiger partial charge is 0.481 e. The Kier molecular flexibility index (Phi) is 4.32. The summed E-state index contributed by atoms with van der Waals surface area (Å²) in [5.74, 6) is 4.04. The number of fused-ring (bicyclic) bond motifs is 5. The van der Waals surface area contributed by atoms with Gasteiger partial charge in [-0.1, -0.05) is 19.9 Å². The van der Waals surface area contributed by atoms with E-state index in [1.165, 1.54) is 51.4 Å². The molecule has 0 aliphatic heterocycles. The minimum absolute atomic E-state index is 0.391. The zero-order chi connectivity index (χ0) is 17.8. The lowest BCUT2D eigenvalue weighted by atomic mass is 9.44. The number of carboxylic acids is 1. The first-order chi connectivity index (χ1) is 11.9. The van der Waals surface area contributed by atoms with Crippen molar-refractivity contribution in [2.75, 3.05) is 0 Å². The normalized spacial score (nSPS) is 51.9. The molecule has 4 aliphatic rings. The van der Waals surface area contributed by atoms with E-state index in [4.69, 9.17) is 0 Å².